The maximum absolute atomic E-state index is 2.50. The van der Waals surface area contributed by atoms with Crippen LogP contribution < -0.4 is 26.2 Å². The van der Waals surface area contributed by atoms with Gasteiger partial charge in [0.2, 0.25) is 0 Å². The maximum atomic E-state index is 2.50. The highest BCUT2D eigenvalue weighted by molar-refractivity contribution is 7.00. The highest BCUT2D eigenvalue weighted by atomic mass is 15.2. The van der Waals surface area contributed by atoms with Crippen LogP contribution in [0.5, 0.6) is 0 Å². The van der Waals surface area contributed by atoms with E-state index in [1.807, 2.05) is 0 Å². The van der Waals surface area contributed by atoms with Crippen LogP contribution in [-0.2, 0) is 5.41 Å². The number of benzene rings is 8. The van der Waals surface area contributed by atoms with Crippen LogP contribution in [0.2, 0.25) is 0 Å². The standard InChI is InChI=1S/C52H41BN2/c1-36-16-15-23-44(32-36)55-48-33-37(2)26-31-46(48)53-45-24-13-14-25-47(45)54(49-34-38(3)35-50(55)51(49)53)43-29-27-42(28-30-43)52(39-17-7-4-8-18-39,40-19-9-5-10-20-40)41-21-11-6-12-22-41/h4-35H,1-3H3. The van der Waals surface area contributed by atoms with Crippen molar-refractivity contribution in [1.82, 2.24) is 0 Å². The van der Waals surface area contributed by atoms with E-state index in [1.165, 1.54) is 83.8 Å². The van der Waals surface area contributed by atoms with E-state index in [2.05, 4.69) is 225 Å². The van der Waals surface area contributed by atoms with E-state index < -0.39 is 5.41 Å². The Hall–Kier alpha value is -6.58. The molecule has 0 atom stereocenters. The van der Waals surface area contributed by atoms with Crippen molar-refractivity contribution in [3.05, 3.63) is 233 Å². The normalized spacial score (nSPS) is 12.9. The summed E-state index contributed by atoms with van der Waals surface area (Å²) in [6, 6.07) is 72.0. The molecule has 0 saturated carbocycles. The number of aryl methyl sites for hydroxylation is 3. The van der Waals surface area contributed by atoms with E-state index in [9.17, 15) is 0 Å². The van der Waals surface area contributed by atoms with Crippen molar-refractivity contribution in [1.29, 1.82) is 0 Å². The van der Waals surface area contributed by atoms with Gasteiger partial charge in [-0.15, -0.1) is 0 Å². The molecule has 2 nitrogen and oxygen atoms in total. The minimum absolute atomic E-state index is 0.107. The Morgan fingerprint density at radius 2 is 0.836 bits per heavy atom. The fourth-order valence-electron chi connectivity index (χ4n) is 9.44. The molecule has 55 heavy (non-hydrogen) atoms. The van der Waals surface area contributed by atoms with Crippen molar-refractivity contribution in [2.24, 2.45) is 0 Å². The van der Waals surface area contributed by atoms with Gasteiger partial charge in [0.15, 0.2) is 0 Å². The summed E-state index contributed by atoms with van der Waals surface area (Å²) < 4.78 is 0. The molecule has 10 rings (SSSR count). The fraction of sp³-hybridized carbons (Fsp3) is 0.0769. The Morgan fingerprint density at radius 1 is 0.345 bits per heavy atom. The van der Waals surface area contributed by atoms with Crippen LogP contribution in [-0.4, -0.2) is 6.71 Å². The molecule has 0 saturated heterocycles. The van der Waals surface area contributed by atoms with Crippen LogP contribution in [0.25, 0.3) is 0 Å². The number of rotatable bonds is 6. The van der Waals surface area contributed by atoms with Gasteiger partial charge in [0.1, 0.15) is 0 Å². The number of anilines is 6. The fourth-order valence-corrected chi connectivity index (χ4v) is 9.44. The first-order chi connectivity index (χ1) is 27.0. The average Bonchev–Trinajstić information content (AvgIpc) is 3.22. The van der Waals surface area contributed by atoms with Crippen LogP contribution in [0.3, 0.4) is 0 Å². The zero-order valence-corrected chi connectivity index (χ0v) is 31.4. The smallest absolute Gasteiger partial charge is 0.252 e. The number of para-hydroxylation sites is 1. The third-order valence-electron chi connectivity index (χ3n) is 11.7. The lowest BCUT2D eigenvalue weighted by Gasteiger charge is -2.44. The molecule has 0 bridgehead atoms. The third kappa shape index (κ3) is 5.18. The number of nitrogens with zero attached hydrogens (tertiary/aromatic N) is 2. The molecule has 2 aliphatic rings. The molecule has 262 valence electrons. The molecule has 2 aliphatic heterocycles. The van der Waals surface area contributed by atoms with E-state index in [0.29, 0.717) is 0 Å². The molecule has 8 aromatic rings. The number of hydrogen-bond donors (Lipinski definition) is 0. The highest BCUT2D eigenvalue weighted by Gasteiger charge is 2.44. The Morgan fingerprint density at radius 3 is 1.44 bits per heavy atom. The molecule has 2 heterocycles. The van der Waals surface area contributed by atoms with Crippen molar-refractivity contribution in [2.45, 2.75) is 26.2 Å². The Balaban J connectivity index is 1.20. The van der Waals surface area contributed by atoms with Gasteiger partial charge in [0.05, 0.1) is 5.41 Å². The first kappa shape index (κ1) is 33.0. The minimum Gasteiger partial charge on any atom is -0.311 e. The number of fused-ring (bicyclic) bond motifs is 4. The lowest BCUT2D eigenvalue weighted by molar-refractivity contribution is 0.745. The molecule has 0 N–H and O–H groups in total. The average molecular weight is 705 g/mol. The molecule has 0 unspecified atom stereocenters. The minimum atomic E-state index is -0.508. The van der Waals surface area contributed by atoms with Crippen molar-refractivity contribution >= 4 is 57.2 Å². The Kier molecular flexibility index (Phi) is 7.85. The van der Waals surface area contributed by atoms with Gasteiger partial charge in [-0.3, -0.25) is 0 Å². The van der Waals surface area contributed by atoms with Crippen LogP contribution in [0, 0.1) is 20.8 Å². The number of hydrogen-bond acceptors (Lipinski definition) is 2. The highest BCUT2D eigenvalue weighted by Crippen LogP contribution is 2.48. The van der Waals surface area contributed by atoms with Gasteiger partial charge in [0.25, 0.3) is 6.71 Å². The van der Waals surface area contributed by atoms with E-state index in [1.54, 1.807) is 0 Å². The summed E-state index contributed by atoms with van der Waals surface area (Å²) in [6.45, 7) is 6.73. The molecule has 0 amide bonds. The van der Waals surface area contributed by atoms with Crippen molar-refractivity contribution in [3.63, 3.8) is 0 Å². The summed E-state index contributed by atoms with van der Waals surface area (Å²) in [5.74, 6) is 0. The zero-order valence-electron chi connectivity index (χ0n) is 31.4. The summed E-state index contributed by atoms with van der Waals surface area (Å²) in [7, 11) is 0. The summed E-state index contributed by atoms with van der Waals surface area (Å²) in [5.41, 5.74) is 19.5. The third-order valence-corrected chi connectivity index (χ3v) is 11.7. The first-order valence-electron chi connectivity index (χ1n) is 19.3. The van der Waals surface area contributed by atoms with Gasteiger partial charge in [-0.1, -0.05) is 146 Å². The summed E-state index contributed by atoms with van der Waals surface area (Å²) in [6.07, 6.45) is 0. The van der Waals surface area contributed by atoms with Crippen molar-refractivity contribution < 1.29 is 0 Å². The summed E-state index contributed by atoms with van der Waals surface area (Å²) >= 11 is 0. The first-order valence-corrected chi connectivity index (χ1v) is 19.3. The predicted octanol–water partition coefficient (Wildman–Crippen LogP) is 11.1. The summed E-state index contributed by atoms with van der Waals surface area (Å²) in [4.78, 5) is 5.01. The Labute approximate surface area is 325 Å². The van der Waals surface area contributed by atoms with Crippen LogP contribution in [0.15, 0.2) is 194 Å². The molecule has 0 aromatic heterocycles. The van der Waals surface area contributed by atoms with E-state index >= 15 is 0 Å². The topological polar surface area (TPSA) is 6.48 Å². The summed E-state index contributed by atoms with van der Waals surface area (Å²) in [5, 5.41) is 0. The Bertz CT molecular complexity index is 2590. The van der Waals surface area contributed by atoms with E-state index in [4.69, 9.17) is 0 Å². The van der Waals surface area contributed by atoms with Crippen LogP contribution in [0.4, 0.5) is 34.1 Å². The van der Waals surface area contributed by atoms with Crippen LogP contribution in [0.1, 0.15) is 38.9 Å². The quantitative estimate of drug-likeness (QED) is 0.126. The molecule has 0 spiro atoms. The van der Waals surface area contributed by atoms with E-state index in [-0.39, 0.29) is 6.71 Å². The van der Waals surface area contributed by atoms with E-state index in [0.717, 1.165) is 5.69 Å². The molecule has 3 heteroatoms. The second-order valence-electron chi connectivity index (χ2n) is 15.2. The van der Waals surface area contributed by atoms with Crippen molar-refractivity contribution in [2.75, 3.05) is 9.80 Å². The van der Waals surface area contributed by atoms with Gasteiger partial charge >= 0.3 is 0 Å². The SMILES string of the molecule is Cc1cccc(N2c3cc(C)ccc3B3c4ccccc4N(c4ccc(C(c5ccccc5)(c5ccccc5)c5ccccc5)cc4)c4cc(C)cc2c43)c1. The maximum Gasteiger partial charge on any atom is 0.252 e. The second kappa shape index (κ2) is 13.1. The van der Waals surface area contributed by atoms with Gasteiger partial charge in [0, 0.05) is 34.1 Å². The molecular formula is C52H41BN2. The molecule has 8 aromatic carbocycles. The van der Waals surface area contributed by atoms with Gasteiger partial charge in [-0.2, -0.15) is 0 Å². The predicted molar refractivity (Wildman–Crippen MR) is 233 cm³/mol. The largest absolute Gasteiger partial charge is 0.311 e. The van der Waals surface area contributed by atoms with Gasteiger partial charge in [-0.05, 0) is 125 Å². The molecule has 0 fully saturated rings. The van der Waals surface area contributed by atoms with Gasteiger partial charge < -0.3 is 9.80 Å². The molecular weight excluding hydrogens is 663 g/mol. The zero-order chi connectivity index (χ0) is 37.1. The lowest BCUT2D eigenvalue weighted by atomic mass is 9.33. The lowest BCUT2D eigenvalue weighted by Crippen LogP contribution is -2.61. The van der Waals surface area contributed by atoms with Crippen LogP contribution >= 0.6 is 0 Å². The molecule has 0 radical (unpaired) electrons. The van der Waals surface area contributed by atoms with Gasteiger partial charge in [-0.25, -0.2) is 0 Å². The monoisotopic (exact) mass is 704 g/mol. The molecule has 0 aliphatic carbocycles. The van der Waals surface area contributed by atoms with Crippen molar-refractivity contribution in [3.8, 4) is 0 Å². The second-order valence-corrected chi connectivity index (χ2v) is 15.2.